The highest BCUT2D eigenvalue weighted by atomic mass is 32.2. The van der Waals surface area contributed by atoms with Crippen molar-refractivity contribution in [1.82, 2.24) is 0 Å². The molecule has 0 atom stereocenters. The number of ether oxygens (including phenoxy) is 1. The fourth-order valence-electron chi connectivity index (χ4n) is 1.34. The lowest BCUT2D eigenvalue weighted by atomic mass is 10.1. The molecule has 0 aliphatic heterocycles. The Hall–Kier alpha value is -1.86. The Labute approximate surface area is 135 Å². The Morgan fingerprint density at radius 3 is 2.12 bits per heavy atom. The zero-order valence-electron chi connectivity index (χ0n) is 12.0. The maximum absolute atomic E-state index is 12.9. The third-order valence-electron chi connectivity index (χ3n) is 2.26. The van der Waals surface area contributed by atoms with Crippen LogP contribution in [0.5, 0.6) is 5.75 Å². The van der Waals surface area contributed by atoms with Crippen molar-refractivity contribution in [2.45, 2.75) is 6.18 Å². The Balaban J connectivity index is 2.94. The van der Waals surface area contributed by atoms with E-state index in [-0.39, 0.29) is 5.75 Å². The van der Waals surface area contributed by atoms with Crippen molar-refractivity contribution in [1.29, 1.82) is 0 Å². The van der Waals surface area contributed by atoms with Gasteiger partial charge in [0.15, 0.2) is 5.71 Å². The van der Waals surface area contributed by atoms with E-state index >= 15 is 0 Å². The van der Waals surface area contributed by atoms with Gasteiger partial charge in [0, 0.05) is 5.56 Å². The first-order chi connectivity index (χ1) is 10.8. The van der Waals surface area contributed by atoms with E-state index in [2.05, 4.69) is 9.44 Å². The van der Waals surface area contributed by atoms with Crippen LogP contribution in [0.3, 0.4) is 0 Å². The second-order valence-corrected chi connectivity index (χ2v) is 7.43. The molecule has 0 aromatic heterocycles. The van der Waals surface area contributed by atoms with E-state index in [9.17, 15) is 34.6 Å². The Morgan fingerprint density at radius 1 is 1.17 bits per heavy atom. The number of hydrogen-bond donors (Lipinski definition) is 0. The summed E-state index contributed by atoms with van der Waals surface area (Å²) in [5, 5.41) is 2.60. The highest BCUT2D eigenvalue weighted by molar-refractivity contribution is 7.86. The molecular weight excluding hydrogens is 379 g/mol. The SMILES string of the molecule is CS(=O)(=O)O/N=C(/c1ccc(OCCS(=O)(=O)[O-])cc1)C(F)(F)F. The van der Waals surface area contributed by atoms with Crippen LogP contribution < -0.4 is 4.74 Å². The van der Waals surface area contributed by atoms with Gasteiger partial charge in [-0.05, 0) is 24.3 Å². The van der Waals surface area contributed by atoms with Crippen molar-refractivity contribution in [2.75, 3.05) is 18.6 Å². The summed E-state index contributed by atoms with van der Waals surface area (Å²) in [7, 11) is -8.69. The summed E-state index contributed by atoms with van der Waals surface area (Å²) in [6, 6.07) is 3.96. The molecular formula is C11H11F3NO7S2-. The Bertz CT molecular complexity index is 799. The number of hydrogen-bond acceptors (Lipinski definition) is 8. The molecule has 0 spiro atoms. The van der Waals surface area contributed by atoms with Gasteiger partial charge in [-0.2, -0.15) is 21.6 Å². The number of alkyl halides is 3. The van der Waals surface area contributed by atoms with Gasteiger partial charge in [0.2, 0.25) is 0 Å². The maximum atomic E-state index is 12.9. The van der Waals surface area contributed by atoms with Gasteiger partial charge < -0.3 is 9.29 Å². The molecule has 8 nitrogen and oxygen atoms in total. The van der Waals surface area contributed by atoms with Gasteiger partial charge in [0.05, 0.1) is 22.1 Å². The first-order valence-electron chi connectivity index (χ1n) is 5.98. The summed E-state index contributed by atoms with van der Waals surface area (Å²) in [5.74, 6) is -0.792. The Kier molecular flexibility index (Phi) is 6.19. The number of halogens is 3. The first-order valence-corrected chi connectivity index (χ1v) is 9.38. The maximum Gasteiger partial charge on any atom is 0.437 e. The lowest BCUT2D eigenvalue weighted by Crippen LogP contribution is -2.25. The quantitative estimate of drug-likeness (QED) is 0.384. The molecule has 0 N–H and O–H groups in total. The first kappa shape index (κ1) is 20.2. The summed E-state index contributed by atoms with van der Waals surface area (Å²) in [4.78, 5) is 0. The van der Waals surface area contributed by atoms with Gasteiger partial charge in [-0.1, -0.05) is 5.16 Å². The normalized spacial score (nSPS) is 13.6. The molecule has 1 rings (SSSR count). The molecule has 1 aromatic carbocycles. The van der Waals surface area contributed by atoms with Gasteiger partial charge >= 0.3 is 16.3 Å². The predicted octanol–water partition coefficient (Wildman–Crippen LogP) is 0.853. The molecule has 0 aliphatic rings. The summed E-state index contributed by atoms with van der Waals surface area (Å²) in [6.07, 6.45) is -4.45. The third kappa shape index (κ3) is 7.61. The average molecular weight is 390 g/mol. The third-order valence-corrected chi connectivity index (χ3v) is 3.27. The molecule has 0 bridgehead atoms. The Morgan fingerprint density at radius 2 is 1.71 bits per heavy atom. The molecule has 136 valence electrons. The van der Waals surface area contributed by atoms with Crippen molar-refractivity contribution in [3.8, 4) is 5.75 Å². The minimum Gasteiger partial charge on any atom is -0.748 e. The molecule has 0 fully saturated rings. The van der Waals surface area contributed by atoms with E-state index in [1.807, 2.05) is 0 Å². The lowest BCUT2D eigenvalue weighted by Gasteiger charge is -2.11. The van der Waals surface area contributed by atoms with Gasteiger partial charge in [-0.3, -0.25) is 4.28 Å². The van der Waals surface area contributed by atoms with Gasteiger partial charge in [0.25, 0.3) is 0 Å². The van der Waals surface area contributed by atoms with Crippen LogP contribution in [0.4, 0.5) is 13.2 Å². The van der Waals surface area contributed by atoms with Gasteiger partial charge in [-0.15, -0.1) is 0 Å². The van der Waals surface area contributed by atoms with Crippen LogP contribution in [0.1, 0.15) is 5.56 Å². The van der Waals surface area contributed by atoms with Crippen molar-refractivity contribution in [2.24, 2.45) is 5.16 Å². The topological polar surface area (TPSA) is 122 Å². The second kappa shape index (κ2) is 7.36. The van der Waals surface area contributed by atoms with E-state index in [1.165, 1.54) is 0 Å². The standard InChI is InChI=1S/C11H12F3NO7S2/c1-23(16,17)22-15-10(11(12,13)14)8-2-4-9(5-3-8)21-6-7-24(18,19)20/h2-5H,6-7H2,1H3,(H,18,19,20)/p-1/b15-10-. The summed E-state index contributed by atoms with van der Waals surface area (Å²) in [5.41, 5.74) is -2.09. The highest BCUT2D eigenvalue weighted by Crippen LogP contribution is 2.24. The summed E-state index contributed by atoms with van der Waals surface area (Å²) in [6.45, 7) is -0.470. The monoisotopic (exact) mass is 390 g/mol. The minimum absolute atomic E-state index is 0.00737. The summed E-state index contributed by atoms with van der Waals surface area (Å²) >= 11 is 0. The zero-order chi connectivity index (χ0) is 18.6. The van der Waals surface area contributed by atoms with Crippen LogP contribution >= 0.6 is 0 Å². The molecule has 24 heavy (non-hydrogen) atoms. The fraction of sp³-hybridized carbons (Fsp3) is 0.364. The van der Waals surface area contributed by atoms with Gasteiger partial charge in [-0.25, -0.2) is 8.42 Å². The molecule has 0 radical (unpaired) electrons. The smallest absolute Gasteiger partial charge is 0.437 e. The van der Waals surface area contributed by atoms with Crippen molar-refractivity contribution in [3.63, 3.8) is 0 Å². The summed E-state index contributed by atoms with van der Waals surface area (Å²) < 4.78 is 100. The molecule has 0 heterocycles. The van der Waals surface area contributed by atoms with E-state index < -0.39 is 50.0 Å². The molecule has 0 saturated carbocycles. The molecule has 13 heteroatoms. The van der Waals surface area contributed by atoms with Crippen LogP contribution in [0.25, 0.3) is 0 Å². The molecule has 0 unspecified atom stereocenters. The predicted molar refractivity (Wildman–Crippen MR) is 75.0 cm³/mol. The van der Waals surface area contributed by atoms with Crippen LogP contribution in [-0.4, -0.2) is 51.9 Å². The van der Waals surface area contributed by atoms with E-state index in [0.29, 0.717) is 6.26 Å². The van der Waals surface area contributed by atoms with Crippen LogP contribution in [0, 0.1) is 0 Å². The number of oxime groups is 1. The fourth-order valence-corrected chi connectivity index (χ4v) is 1.84. The largest absolute Gasteiger partial charge is 0.748 e. The van der Waals surface area contributed by atoms with Crippen LogP contribution in [0.2, 0.25) is 0 Å². The number of benzene rings is 1. The van der Waals surface area contributed by atoms with Crippen LogP contribution in [0.15, 0.2) is 29.4 Å². The number of nitrogens with zero attached hydrogens (tertiary/aromatic N) is 1. The second-order valence-electron chi connectivity index (χ2n) is 4.35. The minimum atomic E-state index is -4.98. The highest BCUT2D eigenvalue weighted by Gasteiger charge is 2.38. The van der Waals surface area contributed by atoms with E-state index in [0.717, 1.165) is 24.3 Å². The van der Waals surface area contributed by atoms with E-state index in [4.69, 9.17) is 4.74 Å². The lowest BCUT2D eigenvalue weighted by molar-refractivity contribution is -0.0596. The van der Waals surface area contributed by atoms with Gasteiger partial charge in [0.1, 0.15) is 12.4 Å². The zero-order valence-corrected chi connectivity index (χ0v) is 13.6. The van der Waals surface area contributed by atoms with Crippen molar-refractivity contribution < 1.29 is 43.6 Å². The number of rotatable bonds is 7. The molecule has 1 aromatic rings. The molecule has 0 amide bonds. The van der Waals surface area contributed by atoms with E-state index in [1.54, 1.807) is 0 Å². The average Bonchev–Trinajstić information content (AvgIpc) is 2.36. The van der Waals surface area contributed by atoms with Crippen LogP contribution in [-0.2, 0) is 24.5 Å². The van der Waals surface area contributed by atoms with Crippen molar-refractivity contribution >= 4 is 25.9 Å². The molecule has 0 saturated heterocycles. The van der Waals surface area contributed by atoms with Crippen molar-refractivity contribution in [3.05, 3.63) is 29.8 Å². The molecule has 0 aliphatic carbocycles.